The standard InChI is InChI=1S/C20H23IO/c1-12(2)9-14-11-16-15-7-5-6-8-18(15)22-20(16)17(19(14)21)10-13(3)4/h5-8,11-13H,9-10H2,1-4H3. The fourth-order valence-corrected chi connectivity index (χ4v) is 3.98. The number of rotatable bonds is 4. The van der Waals surface area contributed by atoms with Gasteiger partial charge in [0.1, 0.15) is 11.2 Å². The topological polar surface area (TPSA) is 13.1 Å². The van der Waals surface area contributed by atoms with Gasteiger partial charge in [0.2, 0.25) is 0 Å². The highest BCUT2D eigenvalue weighted by Gasteiger charge is 2.18. The van der Waals surface area contributed by atoms with Gasteiger partial charge in [-0.3, -0.25) is 0 Å². The summed E-state index contributed by atoms with van der Waals surface area (Å²) >= 11 is 2.52. The van der Waals surface area contributed by atoms with Crippen LogP contribution in [0.5, 0.6) is 0 Å². The molecule has 1 nitrogen and oxygen atoms in total. The summed E-state index contributed by atoms with van der Waals surface area (Å²) in [6.07, 6.45) is 2.19. The Labute approximate surface area is 146 Å². The molecule has 0 saturated heterocycles. The van der Waals surface area contributed by atoms with Crippen LogP contribution in [0.1, 0.15) is 38.8 Å². The first-order chi connectivity index (χ1) is 10.5. The van der Waals surface area contributed by atoms with Crippen molar-refractivity contribution < 1.29 is 4.42 Å². The van der Waals surface area contributed by atoms with Crippen molar-refractivity contribution in [3.05, 3.63) is 45.0 Å². The van der Waals surface area contributed by atoms with Crippen LogP contribution in [-0.4, -0.2) is 0 Å². The third kappa shape index (κ3) is 2.90. The molecule has 116 valence electrons. The number of furan rings is 1. The molecule has 2 heteroatoms. The third-order valence-electron chi connectivity index (χ3n) is 4.01. The molecule has 3 rings (SSSR count). The van der Waals surface area contributed by atoms with Crippen LogP contribution in [0.2, 0.25) is 0 Å². The number of hydrogen-bond donors (Lipinski definition) is 0. The van der Waals surface area contributed by atoms with E-state index >= 15 is 0 Å². The van der Waals surface area contributed by atoms with Gasteiger partial charge >= 0.3 is 0 Å². The van der Waals surface area contributed by atoms with Crippen molar-refractivity contribution in [3.63, 3.8) is 0 Å². The van der Waals surface area contributed by atoms with Gasteiger partial charge < -0.3 is 4.42 Å². The van der Waals surface area contributed by atoms with Crippen LogP contribution in [0.4, 0.5) is 0 Å². The van der Waals surface area contributed by atoms with Crippen LogP contribution in [0.15, 0.2) is 34.7 Å². The van der Waals surface area contributed by atoms with E-state index in [9.17, 15) is 0 Å². The maximum absolute atomic E-state index is 6.22. The van der Waals surface area contributed by atoms with Gasteiger partial charge in [-0.1, -0.05) is 45.9 Å². The van der Waals surface area contributed by atoms with Crippen molar-refractivity contribution in [2.45, 2.75) is 40.5 Å². The zero-order valence-corrected chi connectivity index (χ0v) is 15.9. The predicted octanol–water partition coefficient (Wildman–Crippen LogP) is 6.59. The van der Waals surface area contributed by atoms with E-state index in [-0.39, 0.29) is 0 Å². The van der Waals surface area contributed by atoms with Crippen molar-refractivity contribution >= 4 is 44.5 Å². The molecule has 1 aromatic heterocycles. The minimum atomic E-state index is 0.624. The lowest BCUT2D eigenvalue weighted by Gasteiger charge is -2.14. The van der Waals surface area contributed by atoms with Gasteiger partial charge in [-0.2, -0.15) is 0 Å². The smallest absolute Gasteiger partial charge is 0.139 e. The van der Waals surface area contributed by atoms with Crippen molar-refractivity contribution in [2.75, 3.05) is 0 Å². The van der Waals surface area contributed by atoms with Crippen LogP contribution in [0, 0.1) is 15.4 Å². The Kier molecular flexibility index (Phi) is 4.49. The van der Waals surface area contributed by atoms with E-state index in [2.05, 4.69) is 74.6 Å². The van der Waals surface area contributed by atoms with Crippen LogP contribution in [0.25, 0.3) is 21.9 Å². The fraction of sp³-hybridized carbons (Fsp3) is 0.400. The summed E-state index contributed by atoms with van der Waals surface area (Å²) in [7, 11) is 0. The largest absolute Gasteiger partial charge is 0.456 e. The zero-order valence-electron chi connectivity index (χ0n) is 13.7. The van der Waals surface area contributed by atoms with E-state index in [1.165, 1.54) is 25.5 Å². The molecular formula is C20H23IO. The predicted molar refractivity (Wildman–Crippen MR) is 104 cm³/mol. The molecule has 0 unspecified atom stereocenters. The molecule has 0 saturated carbocycles. The van der Waals surface area contributed by atoms with Gasteiger partial charge in [-0.25, -0.2) is 0 Å². The van der Waals surface area contributed by atoms with E-state index < -0.39 is 0 Å². The maximum atomic E-state index is 6.22. The van der Waals surface area contributed by atoms with E-state index in [1.807, 2.05) is 6.07 Å². The Balaban J connectivity index is 2.33. The second kappa shape index (κ2) is 6.23. The third-order valence-corrected chi connectivity index (χ3v) is 5.36. The molecule has 22 heavy (non-hydrogen) atoms. The molecule has 3 aromatic rings. The normalized spacial score (nSPS) is 12.1. The van der Waals surface area contributed by atoms with Gasteiger partial charge in [0, 0.05) is 19.9 Å². The first-order valence-electron chi connectivity index (χ1n) is 8.08. The minimum absolute atomic E-state index is 0.624. The average molecular weight is 406 g/mol. The molecule has 0 bridgehead atoms. The van der Waals surface area contributed by atoms with E-state index in [4.69, 9.17) is 4.42 Å². The second-order valence-corrected chi connectivity index (χ2v) is 8.08. The van der Waals surface area contributed by atoms with Crippen LogP contribution in [0.3, 0.4) is 0 Å². The number of hydrogen-bond acceptors (Lipinski definition) is 1. The van der Waals surface area contributed by atoms with Gasteiger partial charge in [0.25, 0.3) is 0 Å². The van der Waals surface area contributed by atoms with Crippen molar-refractivity contribution in [2.24, 2.45) is 11.8 Å². The van der Waals surface area contributed by atoms with Gasteiger partial charge in [0.15, 0.2) is 0 Å². The zero-order chi connectivity index (χ0) is 15.9. The van der Waals surface area contributed by atoms with Gasteiger partial charge in [0.05, 0.1) is 0 Å². The summed E-state index contributed by atoms with van der Waals surface area (Å²) in [4.78, 5) is 0. The lowest BCUT2D eigenvalue weighted by atomic mass is 9.94. The highest BCUT2D eigenvalue weighted by molar-refractivity contribution is 14.1. The van der Waals surface area contributed by atoms with Crippen LogP contribution in [-0.2, 0) is 12.8 Å². The molecule has 0 aliphatic rings. The summed E-state index contributed by atoms with van der Waals surface area (Å²) < 4.78 is 7.62. The molecule has 0 amide bonds. The second-order valence-electron chi connectivity index (χ2n) is 7.00. The Morgan fingerprint density at radius 2 is 1.64 bits per heavy atom. The van der Waals surface area contributed by atoms with E-state index in [0.29, 0.717) is 11.8 Å². The first-order valence-corrected chi connectivity index (χ1v) is 9.16. The van der Waals surface area contributed by atoms with Crippen molar-refractivity contribution in [1.82, 2.24) is 0 Å². The summed E-state index contributed by atoms with van der Waals surface area (Å²) in [5.74, 6) is 1.29. The van der Waals surface area contributed by atoms with Crippen molar-refractivity contribution in [1.29, 1.82) is 0 Å². The number of benzene rings is 2. The molecule has 2 aromatic carbocycles. The Bertz CT molecular complexity index is 811. The fourth-order valence-electron chi connectivity index (χ4n) is 3.14. The molecule has 0 fully saturated rings. The summed E-state index contributed by atoms with van der Waals surface area (Å²) in [5, 5.41) is 2.52. The SMILES string of the molecule is CC(C)Cc1cc2c(oc3ccccc32)c(CC(C)C)c1I. The quantitative estimate of drug-likeness (QED) is 0.446. The molecule has 0 spiro atoms. The van der Waals surface area contributed by atoms with E-state index in [0.717, 1.165) is 24.0 Å². The van der Waals surface area contributed by atoms with Gasteiger partial charge in [-0.05, 0) is 65.0 Å². The highest BCUT2D eigenvalue weighted by Crippen LogP contribution is 2.36. The van der Waals surface area contributed by atoms with Crippen LogP contribution < -0.4 is 0 Å². The first kappa shape index (κ1) is 15.9. The average Bonchev–Trinajstić information content (AvgIpc) is 2.81. The maximum Gasteiger partial charge on any atom is 0.139 e. The molecule has 0 atom stereocenters. The summed E-state index contributed by atoms with van der Waals surface area (Å²) in [6.45, 7) is 9.13. The molecule has 0 N–H and O–H groups in total. The number of para-hydroxylation sites is 1. The molecule has 0 aliphatic carbocycles. The van der Waals surface area contributed by atoms with Crippen molar-refractivity contribution in [3.8, 4) is 0 Å². The molecule has 1 heterocycles. The highest BCUT2D eigenvalue weighted by atomic mass is 127. The monoisotopic (exact) mass is 406 g/mol. The molecule has 0 aliphatic heterocycles. The number of halogens is 1. The Hall–Kier alpha value is -1.03. The molecule has 0 radical (unpaired) electrons. The van der Waals surface area contributed by atoms with E-state index in [1.54, 1.807) is 0 Å². The van der Waals surface area contributed by atoms with Crippen LogP contribution >= 0.6 is 22.6 Å². The summed E-state index contributed by atoms with van der Waals surface area (Å²) in [5.41, 5.74) is 4.94. The lowest BCUT2D eigenvalue weighted by molar-refractivity contribution is 0.616. The summed E-state index contributed by atoms with van der Waals surface area (Å²) in [6, 6.07) is 10.7. The lowest BCUT2D eigenvalue weighted by Crippen LogP contribution is -2.03. The van der Waals surface area contributed by atoms with Gasteiger partial charge in [-0.15, -0.1) is 0 Å². The Morgan fingerprint density at radius 3 is 2.32 bits per heavy atom. The number of fused-ring (bicyclic) bond motifs is 3. The minimum Gasteiger partial charge on any atom is -0.456 e. The molecular weight excluding hydrogens is 383 g/mol. The Morgan fingerprint density at radius 1 is 0.955 bits per heavy atom.